The molecule has 3 nitrogen and oxygen atoms in total. The summed E-state index contributed by atoms with van der Waals surface area (Å²) < 4.78 is 38.5. The molecule has 1 aromatic rings. The number of rotatable bonds is 7. The standard InChI is InChI=1S/C25H32F2O3/c1-3-5-17-6-8-18(9-7-17)19-10-12-20(13-11-19)25(28)30-22-15-14-21(29-16-4-2)23(26)24(22)27/h4,6,14-16,18-20H,3,5,7-13H2,1-2H3/b16-4+. The summed E-state index contributed by atoms with van der Waals surface area (Å²) in [7, 11) is 0. The second-order valence-electron chi connectivity index (χ2n) is 8.46. The number of carbonyl (C=O) groups excluding carboxylic acids is 1. The lowest BCUT2D eigenvalue weighted by Crippen LogP contribution is -2.29. The van der Waals surface area contributed by atoms with Crippen LogP contribution in [0, 0.1) is 29.4 Å². The summed E-state index contributed by atoms with van der Waals surface area (Å²) in [4.78, 5) is 12.5. The third-order valence-corrected chi connectivity index (χ3v) is 6.44. The molecular formula is C25H32F2O3. The van der Waals surface area contributed by atoms with Crippen molar-refractivity contribution in [2.24, 2.45) is 17.8 Å². The molecule has 1 saturated carbocycles. The van der Waals surface area contributed by atoms with Gasteiger partial charge in [0.05, 0.1) is 12.2 Å². The number of allylic oxidation sites excluding steroid dienone is 3. The van der Waals surface area contributed by atoms with Gasteiger partial charge in [0.15, 0.2) is 11.5 Å². The zero-order chi connectivity index (χ0) is 21.5. The van der Waals surface area contributed by atoms with Crippen molar-refractivity contribution in [3.8, 4) is 11.5 Å². The van der Waals surface area contributed by atoms with Crippen LogP contribution in [0.3, 0.4) is 0 Å². The molecule has 0 amide bonds. The average molecular weight is 419 g/mol. The summed E-state index contributed by atoms with van der Waals surface area (Å²) in [6.45, 7) is 3.92. The van der Waals surface area contributed by atoms with Gasteiger partial charge in [-0.2, -0.15) is 8.78 Å². The average Bonchev–Trinajstić information content (AvgIpc) is 2.77. The maximum Gasteiger partial charge on any atom is 0.314 e. The fourth-order valence-corrected chi connectivity index (χ4v) is 4.73. The first-order valence-corrected chi connectivity index (χ1v) is 11.2. The van der Waals surface area contributed by atoms with Crippen LogP contribution in [0.2, 0.25) is 0 Å². The number of halogens is 2. The molecular weight excluding hydrogens is 386 g/mol. The molecule has 30 heavy (non-hydrogen) atoms. The Kier molecular flexibility index (Phi) is 8.06. The van der Waals surface area contributed by atoms with Crippen LogP contribution in [-0.2, 0) is 4.79 Å². The van der Waals surface area contributed by atoms with Crippen LogP contribution < -0.4 is 9.47 Å². The lowest BCUT2D eigenvalue weighted by Gasteiger charge is -2.34. The third-order valence-electron chi connectivity index (χ3n) is 6.44. The van der Waals surface area contributed by atoms with E-state index in [1.807, 2.05) is 0 Å². The highest BCUT2D eigenvalue weighted by Crippen LogP contribution is 2.40. The van der Waals surface area contributed by atoms with Gasteiger partial charge in [-0.05, 0) is 82.3 Å². The Labute approximate surface area is 178 Å². The molecule has 0 spiro atoms. The van der Waals surface area contributed by atoms with Gasteiger partial charge in [-0.15, -0.1) is 0 Å². The Morgan fingerprint density at radius 1 is 1.07 bits per heavy atom. The smallest absolute Gasteiger partial charge is 0.314 e. The third kappa shape index (κ3) is 5.50. The minimum atomic E-state index is -1.20. The molecule has 1 unspecified atom stereocenters. The van der Waals surface area contributed by atoms with Crippen molar-refractivity contribution in [3.05, 3.63) is 47.8 Å². The fourth-order valence-electron chi connectivity index (χ4n) is 4.73. The van der Waals surface area contributed by atoms with Crippen LogP contribution >= 0.6 is 0 Å². The van der Waals surface area contributed by atoms with Crippen molar-refractivity contribution in [1.82, 2.24) is 0 Å². The minimum absolute atomic E-state index is 0.241. The van der Waals surface area contributed by atoms with Crippen LogP contribution in [0.15, 0.2) is 36.1 Å². The number of esters is 1. The van der Waals surface area contributed by atoms with E-state index in [1.165, 1.54) is 44.1 Å². The van der Waals surface area contributed by atoms with E-state index < -0.39 is 17.6 Å². The molecule has 0 saturated heterocycles. The van der Waals surface area contributed by atoms with E-state index in [0.717, 1.165) is 32.1 Å². The number of hydrogen-bond acceptors (Lipinski definition) is 3. The number of ether oxygens (including phenoxy) is 2. The maximum absolute atomic E-state index is 14.2. The minimum Gasteiger partial charge on any atom is -0.462 e. The molecule has 1 aromatic carbocycles. The van der Waals surface area contributed by atoms with E-state index >= 15 is 0 Å². The van der Waals surface area contributed by atoms with Crippen molar-refractivity contribution in [2.75, 3.05) is 0 Å². The molecule has 5 heteroatoms. The zero-order valence-corrected chi connectivity index (χ0v) is 18.0. The summed E-state index contributed by atoms with van der Waals surface area (Å²) in [5.41, 5.74) is 1.60. The number of benzene rings is 1. The number of carbonyl (C=O) groups is 1. The molecule has 0 aromatic heterocycles. The van der Waals surface area contributed by atoms with Gasteiger partial charge in [0.2, 0.25) is 11.6 Å². The first kappa shape index (κ1) is 22.5. The lowest BCUT2D eigenvalue weighted by molar-refractivity contribution is -0.140. The Morgan fingerprint density at radius 2 is 1.77 bits per heavy atom. The molecule has 1 fully saturated rings. The summed E-state index contributed by atoms with van der Waals surface area (Å²) in [5, 5.41) is 0. The first-order chi connectivity index (χ1) is 14.5. The monoisotopic (exact) mass is 418 g/mol. The van der Waals surface area contributed by atoms with Gasteiger partial charge in [0, 0.05) is 0 Å². The van der Waals surface area contributed by atoms with E-state index in [2.05, 4.69) is 13.0 Å². The van der Waals surface area contributed by atoms with Gasteiger partial charge in [0.25, 0.3) is 0 Å². The fraction of sp³-hybridized carbons (Fsp3) is 0.560. The van der Waals surface area contributed by atoms with Crippen LogP contribution in [0.5, 0.6) is 11.5 Å². The summed E-state index contributed by atoms with van der Waals surface area (Å²) in [6, 6.07) is 2.50. The van der Waals surface area contributed by atoms with Gasteiger partial charge in [-0.25, -0.2) is 0 Å². The van der Waals surface area contributed by atoms with Crippen LogP contribution in [0.25, 0.3) is 0 Å². The van der Waals surface area contributed by atoms with Crippen LogP contribution in [-0.4, -0.2) is 5.97 Å². The highest BCUT2D eigenvalue weighted by Gasteiger charge is 2.32. The largest absolute Gasteiger partial charge is 0.462 e. The summed E-state index contributed by atoms with van der Waals surface area (Å²) in [5.74, 6) is -2.35. The molecule has 0 bridgehead atoms. The van der Waals surface area contributed by atoms with Crippen molar-refractivity contribution in [2.45, 2.75) is 71.6 Å². The quantitative estimate of drug-likeness (QED) is 0.205. The van der Waals surface area contributed by atoms with Crippen LogP contribution in [0.4, 0.5) is 8.78 Å². The van der Waals surface area contributed by atoms with E-state index in [9.17, 15) is 13.6 Å². The lowest BCUT2D eigenvalue weighted by atomic mass is 9.71. The van der Waals surface area contributed by atoms with Crippen molar-refractivity contribution >= 4 is 5.97 Å². The molecule has 1 atom stereocenters. The molecule has 0 radical (unpaired) electrons. The highest BCUT2D eigenvalue weighted by molar-refractivity contribution is 5.75. The summed E-state index contributed by atoms with van der Waals surface area (Å²) >= 11 is 0. The Balaban J connectivity index is 1.52. The first-order valence-electron chi connectivity index (χ1n) is 11.2. The molecule has 164 valence electrons. The molecule has 2 aliphatic rings. The molecule has 2 aliphatic carbocycles. The van der Waals surface area contributed by atoms with Crippen LogP contribution in [0.1, 0.15) is 71.6 Å². The Bertz CT molecular complexity index is 792. The second kappa shape index (κ2) is 10.7. The Morgan fingerprint density at radius 3 is 2.40 bits per heavy atom. The Hall–Kier alpha value is -2.17. The zero-order valence-electron chi connectivity index (χ0n) is 18.0. The van der Waals surface area contributed by atoms with Crippen molar-refractivity contribution < 1.29 is 23.0 Å². The predicted octanol–water partition coefficient (Wildman–Crippen LogP) is 7.12. The predicted molar refractivity (Wildman–Crippen MR) is 113 cm³/mol. The molecule has 0 aliphatic heterocycles. The maximum atomic E-state index is 14.2. The van der Waals surface area contributed by atoms with Gasteiger partial charge in [0.1, 0.15) is 0 Å². The van der Waals surface area contributed by atoms with E-state index in [1.54, 1.807) is 18.6 Å². The molecule has 0 N–H and O–H groups in total. The van der Waals surface area contributed by atoms with Crippen molar-refractivity contribution in [3.63, 3.8) is 0 Å². The molecule has 3 rings (SSSR count). The molecule has 0 heterocycles. The van der Waals surface area contributed by atoms with Gasteiger partial charge >= 0.3 is 5.97 Å². The van der Waals surface area contributed by atoms with Crippen molar-refractivity contribution in [1.29, 1.82) is 0 Å². The topological polar surface area (TPSA) is 35.5 Å². The van der Waals surface area contributed by atoms with Gasteiger partial charge in [-0.1, -0.05) is 31.1 Å². The normalized spacial score (nSPS) is 24.5. The van der Waals surface area contributed by atoms with E-state index in [-0.39, 0.29) is 17.4 Å². The SMILES string of the molecule is C/C=C/Oc1ccc(OC(=O)C2CCC(C3CC=C(CCC)CC3)CC2)c(F)c1F. The van der Waals surface area contributed by atoms with E-state index in [4.69, 9.17) is 9.47 Å². The second-order valence-corrected chi connectivity index (χ2v) is 8.46. The van der Waals surface area contributed by atoms with E-state index in [0.29, 0.717) is 11.8 Å². The summed E-state index contributed by atoms with van der Waals surface area (Å²) in [6.07, 6.45) is 14.8. The van der Waals surface area contributed by atoms with Gasteiger partial charge in [-0.3, -0.25) is 4.79 Å². The highest BCUT2D eigenvalue weighted by atomic mass is 19.2. The van der Waals surface area contributed by atoms with Gasteiger partial charge < -0.3 is 9.47 Å². The number of hydrogen-bond donors (Lipinski definition) is 0.